The molecule has 0 unspecified atom stereocenters. The first-order valence-electron chi connectivity index (χ1n) is 5.50. The molecule has 0 aliphatic carbocycles. The molecule has 0 heterocycles. The Labute approximate surface area is 114 Å². The van der Waals surface area contributed by atoms with Crippen LogP contribution in [0.5, 0.6) is 11.5 Å². The molecule has 2 rings (SSSR count). The Hall–Kier alpha value is -3.02. The van der Waals surface area contributed by atoms with Gasteiger partial charge in [0, 0.05) is 11.8 Å². The molecule has 104 valence electrons. The van der Waals surface area contributed by atoms with Gasteiger partial charge in [-0.3, -0.25) is 4.79 Å². The summed E-state index contributed by atoms with van der Waals surface area (Å²) in [5.41, 5.74) is 5.81. The molecule has 0 amide bonds. The summed E-state index contributed by atoms with van der Waals surface area (Å²) in [4.78, 5) is 20.4. The lowest BCUT2D eigenvalue weighted by Crippen LogP contribution is -1.97. The number of carboxylic acids is 1. The van der Waals surface area contributed by atoms with E-state index < -0.39 is 5.97 Å². The van der Waals surface area contributed by atoms with E-state index in [9.17, 15) is 9.59 Å². The quantitative estimate of drug-likeness (QED) is 0.490. The molecule has 20 heavy (non-hydrogen) atoms. The van der Waals surface area contributed by atoms with Crippen LogP contribution < -0.4 is 5.73 Å². The summed E-state index contributed by atoms with van der Waals surface area (Å²) in [6, 6.07) is 10.3. The van der Waals surface area contributed by atoms with Crippen LogP contribution in [0.1, 0.15) is 20.7 Å². The number of hydrogen-bond acceptors (Lipinski definition) is 5. The van der Waals surface area contributed by atoms with Crippen LogP contribution in [0.4, 0.5) is 5.69 Å². The van der Waals surface area contributed by atoms with Crippen LogP contribution in [0, 0.1) is 0 Å². The zero-order valence-electron chi connectivity index (χ0n) is 10.4. The minimum atomic E-state index is -1.16. The van der Waals surface area contributed by atoms with Gasteiger partial charge in [-0.25, -0.2) is 4.79 Å². The number of carbonyl (C=O) groups is 2. The van der Waals surface area contributed by atoms with Gasteiger partial charge in [-0.05, 0) is 24.3 Å². The third kappa shape index (κ3) is 4.02. The summed E-state index contributed by atoms with van der Waals surface area (Å²) in [5, 5.41) is 26.3. The van der Waals surface area contributed by atoms with Crippen LogP contribution >= 0.6 is 0 Å². The molecule has 6 heteroatoms. The number of aromatic hydroxyl groups is 2. The number of nitrogen functional groups attached to an aromatic ring is 1. The summed E-state index contributed by atoms with van der Waals surface area (Å²) >= 11 is 0. The van der Waals surface area contributed by atoms with Gasteiger partial charge in [0.15, 0.2) is 6.29 Å². The first-order valence-corrected chi connectivity index (χ1v) is 5.50. The first kappa shape index (κ1) is 15.0. The fraction of sp³-hybridized carbons (Fsp3) is 0. The van der Waals surface area contributed by atoms with Crippen molar-refractivity contribution in [3.05, 3.63) is 53.6 Å². The van der Waals surface area contributed by atoms with Crippen molar-refractivity contribution in [2.75, 3.05) is 5.73 Å². The second-order valence-electron chi connectivity index (χ2n) is 3.76. The summed E-state index contributed by atoms with van der Waals surface area (Å²) in [6.07, 6.45) is 0.620. The van der Waals surface area contributed by atoms with E-state index in [-0.39, 0.29) is 17.1 Å². The van der Waals surface area contributed by atoms with Crippen molar-refractivity contribution < 1.29 is 24.9 Å². The van der Waals surface area contributed by atoms with Crippen molar-refractivity contribution in [1.29, 1.82) is 0 Å². The molecular formula is C14H13NO5. The van der Waals surface area contributed by atoms with Crippen LogP contribution in [-0.2, 0) is 0 Å². The van der Waals surface area contributed by atoms with Gasteiger partial charge in [0.05, 0.1) is 5.56 Å². The maximum atomic E-state index is 10.3. The Balaban J connectivity index is 0.000000204. The van der Waals surface area contributed by atoms with Crippen LogP contribution in [0.3, 0.4) is 0 Å². The number of anilines is 1. The average molecular weight is 275 g/mol. The second kappa shape index (κ2) is 6.79. The molecule has 2 aromatic carbocycles. The third-order valence-electron chi connectivity index (χ3n) is 2.32. The number of carboxylic acid groups (broad SMARTS) is 1. The Morgan fingerprint density at radius 2 is 1.70 bits per heavy atom. The van der Waals surface area contributed by atoms with Crippen molar-refractivity contribution >= 4 is 17.9 Å². The number of phenols is 2. The number of aromatic carboxylic acids is 1. The van der Waals surface area contributed by atoms with E-state index in [0.29, 0.717) is 17.5 Å². The number of nitrogens with two attached hydrogens (primary N) is 1. The summed E-state index contributed by atoms with van der Waals surface area (Å²) < 4.78 is 0. The van der Waals surface area contributed by atoms with E-state index in [1.54, 1.807) is 18.2 Å². The van der Waals surface area contributed by atoms with Crippen LogP contribution in [0.2, 0.25) is 0 Å². The standard InChI is InChI=1S/C7H7NO3.C7H6O2/c8-4-1-2-5(7(10)11)6(9)3-4;8-5-6-3-1-2-4-7(6)9/h1-3,9H,8H2,(H,10,11);1-5,9H. The van der Waals surface area contributed by atoms with Crippen molar-refractivity contribution in [3.8, 4) is 11.5 Å². The maximum absolute atomic E-state index is 10.3. The highest BCUT2D eigenvalue weighted by Gasteiger charge is 2.07. The van der Waals surface area contributed by atoms with Gasteiger partial charge in [0.2, 0.25) is 0 Å². The van der Waals surface area contributed by atoms with Crippen molar-refractivity contribution in [3.63, 3.8) is 0 Å². The fourth-order valence-electron chi connectivity index (χ4n) is 1.32. The molecule has 0 fully saturated rings. The molecule has 0 atom stereocenters. The second-order valence-corrected chi connectivity index (χ2v) is 3.76. The molecular weight excluding hydrogens is 262 g/mol. The molecule has 0 radical (unpaired) electrons. The first-order chi connectivity index (χ1) is 9.45. The number of phenolic OH excluding ortho intramolecular Hbond substituents is 1. The Bertz CT molecular complexity index is 625. The molecule has 0 aliphatic heterocycles. The lowest BCUT2D eigenvalue weighted by molar-refractivity contribution is 0.0693. The van der Waals surface area contributed by atoms with Gasteiger partial charge in [-0.1, -0.05) is 12.1 Å². The number of para-hydroxylation sites is 1. The molecule has 0 spiro atoms. The fourth-order valence-corrected chi connectivity index (χ4v) is 1.32. The summed E-state index contributed by atoms with van der Waals surface area (Å²) in [7, 11) is 0. The number of hydrogen-bond donors (Lipinski definition) is 4. The van der Waals surface area contributed by atoms with Crippen molar-refractivity contribution in [2.24, 2.45) is 0 Å². The predicted molar refractivity (Wildman–Crippen MR) is 73.0 cm³/mol. The van der Waals surface area contributed by atoms with E-state index in [4.69, 9.17) is 21.1 Å². The molecule has 6 nitrogen and oxygen atoms in total. The lowest BCUT2D eigenvalue weighted by Gasteiger charge is -1.98. The third-order valence-corrected chi connectivity index (χ3v) is 2.32. The predicted octanol–water partition coefficient (Wildman–Crippen LogP) is 1.88. The molecule has 0 aliphatic rings. The van der Waals surface area contributed by atoms with Crippen LogP contribution in [0.15, 0.2) is 42.5 Å². The monoisotopic (exact) mass is 275 g/mol. The molecule has 0 saturated carbocycles. The lowest BCUT2D eigenvalue weighted by atomic mass is 10.2. The zero-order valence-corrected chi connectivity index (χ0v) is 10.4. The topological polar surface area (TPSA) is 121 Å². The van der Waals surface area contributed by atoms with E-state index in [2.05, 4.69) is 0 Å². The van der Waals surface area contributed by atoms with E-state index in [1.807, 2.05) is 0 Å². The van der Waals surface area contributed by atoms with E-state index >= 15 is 0 Å². The van der Waals surface area contributed by atoms with Gasteiger partial charge in [0.25, 0.3) is 0 Å². The highest BCUT2D eigenvalue weighted by molar-refractivity contribution is 5.91. The zero-order chi connectivity index (χ0) is 15.1. The van der Waals surface area contributed by atoms with Gasteiger partial charge < -0.3 is 21.1 Å². The SMILES string of the molecule is Nc1ccc(C(=O)O)c(O)c1.O=Cc1ccccc1O. The molecule has 0 aromatic heterocycles. The Morgan fingerprint density at radius 1 is 1.05 bits per heavy atom. The van der Waals surface area contributed by atoms with Crippen molar-refractivity contribution in [2.45, 2.75) is 0 Å². The average Bonchev–Trinajstić information content (AvgIpc) is 2.39. The summed E-state index contributed by atoms with van der Waals surface area (Å²) in [5.74, 6) is -1.44. The van der Waals surface area contributed by atoms with Crippen LogP contribution in [-0.4, -0.2) is 27.6 Å². The minimum Gasteiger partial charge on any atom is -0.507 e. The van der Waals surface area contributed by atoms with Gasteiger partial charge >= 0.3 is 5.97 Å². The minimum absolute atomic E-state index is 0.0347. The molecule has 2 aromatic rings. The summed E-state index contributed by atoms with van der Waals surface area (Å²) in [6.45, 7) is 0. The molecule has 0 bridgehead atoms. The van der Waals surface area contributed by atoms with Gasteiger partial charge in [0.1, 0.15) is 17.1 Å². The molecule has 0 saturated heterocycles. The van der Waals surface area contributed by atoms with Gasteiger partial charge in [-0.2, -0.15) is 0 Å². The maximum Gasteiger partial charge on any atom is 0.339 e. The number of rotatable bonds is 2. The van der Waals surface area contributed by atoms with Crippen LogP contribution in [0.25, 0.3) is 0 Å². The molecule has 5 N–H and O–H groups in total. The number of aldehydes is 1. The Kier molecular flexibility index (Phi) is 5.11. The van der Waals surface area contributed by atoms with E-state index in [1.165, 1.54) is 24.3 Å². The highest BCUT2D eigenvalue weighted by Crippen LogP contribution is 2.19. The normalized spacial score (nSPS) is 9.20. The highest BCUT2D eigenvalue weighted by atomic mass is 16.4. The van der Waals surface area contributed by atoms with E-state index in [0.717, 1.165) is 0 Å². The number of carbonyl (C=O) groups excluding carboxylic acids is 1. The smallest absolute Gasteiger partial charge is 0.339 e. The number of benzene rings is 2. The van der Waals surface area contributed by atoms with Crippen molar-refractivity contribution in [1.82, 2.24) is 0 Å². The van der Waals surface area contributed by atoms with Gasteiger partial charge in [-0.15, -0.1) is 0 Å². The Morgan fingerprint density at radius 3 is 2.15 bits per heavy atom. The largest absolute Gasteiger partial charge is 0.507 e.